The maximum atomic E-state index is 11.1. The first kappa shape index (κ1) is 12.2. The molecule has 0 saturated heterocycles. The highest BCUT2D eigenvalue weighted by molar-refractivity contribution is 5.88. The van der Waals surface area contributed by atoms with Crippen LogP contribution < -0.4 is 9.47 Å². The van der Waals surface area contributed by atoms with Crippen molar-refractivity contribution in [1.29, 1.82) is 0 Å². The van der Waals surface area contributed by atoms with E-state index in [1.165, 1.54) is 0 Å². The van der Waals surface area contributed by atoms with Gasteiger partial charge in [0.05, 0.1) is 19.8 Å². The Hall–Kier alpha value is -2.30. The van der Waals surface area contributed by atoms with E-state index in [1.807, 2.05) is 6.07 Å². The van der Waals surface area contributed by atoms with Gasteiger partial charge < -0.3 is 9.47 Å². The Morgan fingerprint density at radius 1 is 1.28 bits per heavy atom. The molecular weight excluding hydrogens is 232 g/mol. The molecule has 2 rings (SSSR count). The summed E-state index contributed by atoms with van der Waals surface area (Å²) in [7, 11) is 3.16. The Morgan fingerprint density at radius 3 is 2.67 bits per heavy atom. The van der Waals surface area contributed by atoms with Gasteiger partial charge >= 0.3 is 0 Å². The number of aldehydes is 1. The number of aryl methyl sites for hydroxylation is 1. The molecule has 0 spiro atoms. The number of carbonyl (C=O) groups excluding carboxylic acids is 1. The zero-order valence-corrected chi connectivity index (χ0v) is 10.5. The minimum Gasteiger partial charge on any atom is -0.497 e. The van der Waals surface area contributed by atoms with E-state index in [0.717, 1.165) is 17.5 Å². The molecule has 1 heterocycles. The van der Waals surface area contributed by atoms with Gasteiger partial charge in [0.25, 0.3) is 0 Å². The van der Waals surface area contributed by atoms with Gasteiger partial charge in [-0.3, -0.25) is 9.89 Å². The Labute approximate surface area is 105 Å². The number of methoxy groups -OCH3 is 2. The lowest BCUT2D eigenvalue weighted by atomic mass is 10.1. The second-order valence-corrected chi connectivity index (χ2v) is 3.79. The van der Waals surface area contributed by atoms with Gasteiger partial charge in [0, 0.05) is 17.3 Å². The molecule has 0 amide bonds. The summed E-state index contributed by atoms with van der Waals surface area (Å²) in [5.41, 5.74) is 2.61. The lowest BCUT2D eigenvalue weighted by Crippen LogP contribution is -1.93. The maximum absolute atomic E-state index is 11.1. The summed E-state index contributed by atoms with van der Waals surface area (Å²) >= 11 is 0. The molecule has 0 aliphatic heterocycles. The van der Waals surface area contributed by atoms with E-state index in [0.29, 0.717) is 22.8 Å². The number of ether oxygens (including phenoxy) is 2. The molecule has 0 saturated carbocycles. The van der Waals surface area contributed by atoms with E-state index in [2.05, 4.69) is 10.2 Å². The minimum absolute atomic E-state index is 0.540. The predicted octanol–water partition coefficient (Wildman–Crippen LogP) is 2.21. The molecule has 0 aliphatic carbocycles. The number of aromatic amines is 1. The highest BCUT2D eigenvalue weighted by Crippen LogP contribution is 2.34. The normalized spacial score (nSPS) is 10.2. The molecule has 0 aliphatic rings. The van der Waals surface area contributed by atoms with Crippen molar-refractivity contribution >= 4 is 6.29 Å². The Bertz CT molecular complexity index is 576. The molecule has 18 heavy (non-hydrogen) atoms. The number of carbonyl (C=O) groups is 1. The zero-order valence-electron chi connectivity index (χ0n) is 10.5. The van der Waals surface area contributed by atoms with Gasteiger partial charge in [-0.1, -0.05) is 0 Å². The fraction of sp³-hybridized carbons (Fsp3) is 0.231. The van der Waals surface area contributed by atoms with E-state index < -0.39 is 0 Å². The molecule has 1 aromatic heterocycles. The SMILES string of the molecule is COc1ccc(-c2n[nH]c(C)c2C=O)c(OC)c1. The molecule has 0 atom stereocenters. The van der Waals surface area contributed by atoms with Gasteiger partial charge in [0.2, 0.25) is 0 Å². The molecule has 0 unspecified atom stereocenters. The first-order valence-electron chi connectivity index (χ1n) is 5.43. The van der Waals surface area contributed by atoms with Crippen molar-refractivity contribution < 1.29 is 14.3 Å². The van der Waals surface area contributed by atoms with Crippen LogP contribution in [0, 0.1) is 6.92 Å². The fourth-order valence-corrected chi connectivity index (χ4v) is 1.78. The van der Waals surface area contributed by atoms with Crippen molar-refractivity contribution in [3.8, 4) is 22.8 Å². The summed E-state index contributed by atoms with van der Waals surface area (Å²) in [5, 5.41) is 6.94. The smallest absolute Gasteiger partial charge is 0.154 e. The third kappa shape index (κ3) is 1.95. The number of benzene rings is 1. The summed E-state index contributed by atoms with van der Waals surface area (Å²) in [5.74, 6) is 1.31. The molecule has 2 aromatic rings. The number of H-pyrrole nitrogens is 1. The summed E-state index contributed by atoms with van der Waals surface area (Å²) in [6.45, 7) is 1.80. The first-order valence-corrected chi connectivity index (χ1v) is 5.43. The Kier molecular flexibility index (Phi) is 3.32. The van der Waals surface area contributed by atoms with E-state index in [-0.39, 0.29) is 0 Å². The molecule has 0 radical (unpaired) electrons. The minimum atomic E-state index is 0.540. The lowest BCUT2D eigenvalue weighted by molar-refractivity contribution is 0.112. The third-order valence-corrected chi connectivity index (χ3v) is 2.78. The molecule has 1 N–H and O–H groups in total. The number of hydrogen-bond acceptors (Lipinski definition) is 4. The molecule has 94 valence electrons. The van der Waals surface area contributed by atoms with Gasteiger partial charge in [0.1, 0.15) is 17.2 Å². The quantitative estimate of drug-likeness (QED) is 0.840. The monoisotopic (exact) mass is 246 g/mol. The van der Waals surface area contributed by atoms with Crippen molar-refractivity contribution in [2.45, 2.75) is 6.92 Å². The van der Waals surface area contributed by atoms with Crippen LogP contribution in [0.3, 0.4) is 0 Å². The van der Waals surface area contributed by atoms with Crippen molar-refractivity contribution in [3.05, 3.63) is 29.5 Å². The highest BCUT2D eigenvalue weighted by Gasteiger charge is 2.16. The molecule has 5 nitrogen and oxygen atoms in total. The average molecular weight is 246 g/mol. The molecular formula is C13H14N2O3. The van der Waals surface area contributed by atoms with E-state index in [4.69, 9.17) is 9.47 Å². The van der Waals surface area contributed by atoms with E-state index in [9.17, 15) is 4.79 Å². The largest absolute Gasteiger partial charge is 0.497 e. The van der Waals surface area contributed by atoms with Crippen molar-refractivity contribution in [2.75, 3.05) is 14.2 Å². The summed E-state index contributed by atoms with van der Waals surface area (Å²) < 4.78 is 10.4. The molecule has 0 fully saturated rings. The summed E-state index contributed by atoms with van der Waals surface area (Å²) in [6.07, 6.45) is 0.790. The van der Waals surface area contributed by atoms with Crippen LogP contribution in [0.2, 0.25) is 0 Å². The van der Waals surface area contributed by atoms with Crippen LogP contribution in [0.5, 0.6) is 11.5 Å². The summed E-state index contributed by atoms with van der Waals surface area (Å²) in [4.78, 5) is 11.1. The van der Waals surface area contributed by atoms with Gasteiger partial charge in [-0.05, 0) is 19.1 Å². The van der Waals surface area contributed by atoms with Crippen LogP contribution in [0.4, 0.5) is 0 Å². The standard InChI is InChI=1S/C13H14N2O3/c1-8-11(7-16)13(15-14-8)10-5-4-9(17-2)6-12(10)18-3/h4-7H,1-3H3,(H,14,15). The van der Waals surface area contributed by atoms with Crippen LogP contribution >= 0.6 is 0 Å². The second-order valence-electron chi connectivity index (χ2n) is 3.79. The number of rotatable bonds is 4. The van der Waals surface area contributed by atoms with Crippen LogP contribution in [0.15, 0.2) is 18.2 Å². The Balaban J connectivity index is 2.59. The van der Waals surface area contributed by atoms with Gasteiger partial charge in [0.15, 0.2) is 6.29 Å². The molecule has 5 heteroatoms. The topological polar surface area (TPSA) is 64.2 Å². The number of nitrogens with one attached hydrogen (secondary N) is 1. The Morgan fingerprint density at radius 2 is 2.06 bits per heavy atom. The van der Waals surface area contributed by atoms with Gasteiger partial charge in [-0.25, -0.2) is 0 Å². The summed E-state index contributed by atoms with van der Waals surface area (Å²) in [6, 6.07) is 5.38. The van der Waals surface area contributed by atoms with Crippen molar-refractivity contribution in [2.24, 2.45) is 0 Å². The van der Waals surface area contributed by atoms with Crippen molar-refractivity contribution in [3.63, 3.8) is 0 Å². The molecule has 1 aromatic carbocycles. The van der Waals surface area contributed by atoms with E-state index >= 15 is 0 Å². The maximum Gasteiger partial charge on any atom is 0.154 e. The van der Waals surface area contributed by atoms with Crippen LogP contribution in [-0.4, -0.2) is 30.7 Å². The molecule has 0 bridgehead atoms. The second kappa shape index (κ2) is 4.91. The highest BCUT2D eigenvalue weighted by atomic mass is 16.5. The number of aromatic nitrogens is 2. The van der Waals surface area contributed by atoms with Gasteiger partial charge in [-0.2, -0.15) is 5.10 Å². The zero-order chi connectivity index (χ0) is 13.1. The predicted molar refractivity (Wildman–Crippen MR) is 67.3 cm³/mol. The fourth-order valence-electron chi connectivity index (χ4n) is 1.78. The number of hydrogen-bond donors (Lipinski definition) is 1. The first-order chi connectivity index (χ1) is 8.71. The average Bonchev–Trinajstić information content (AvgIpc) is 2.78. The lowest BCUT2D eigenvalue weighted by Gasteiger charge is -2.09. The van der Waals surface area contributed by atoms with Gasteiger partial charge in [-0.15, -0.1) is 0 Å². The third-order valence-electron chi connectivity index (χ3n) is 2.78. The van der Waals surface area contributed by atoms with E-state index in [1.54, 1.807) is 33.3 Å². The van der Waals surface area contributed by atoms with Crippen LogP contribution in [-0.2, 0) is 0 Å². The van der Waals surface area contributed by atoms with Crippen LogP contribution in [0.25, 0.3) is 11.3 Å². The van der Waals surface area contributed by atoms with Crippen molar-refractivity contribution in [1.82, 2.24) is 10.2 Å². The number of nitrogens with zero attached hydrogens (tertiary/aromatic N) is 1. The van der Waals surface area contributed by atoms with Crippen LogP contribution in [0.1, 0.15) is 16.1 Å².